The van der Waals surface area contributed by atoms with Crippen molar-refractivity contribution in [2.75, 3.05) is 23.7 Å². The van der Waals surface area contributed by atoms with E-state index in [1.54, 1.807) is 12.1 Å². The molecule has 2 amide bonds. The van der Waals surface area contributed by atoms with Gasteiger partial charge in [-0.3, -0.25) is 13.9 Å². The summed E-state index contributed by atoms with van der Waals surface area (Å²) in [4.78, 5) is 28.3. The zero-order valence-corrected chi connectivity index (χ0v) is 23.3. The number of rotatable bonds is 13. The Hall–Kier alpha value is -2.87. The third-order valence-electron chi connectivity index (χ3n) is 6.18. The molecule has 7 nitrogen and oxygen atoms in total. The van der Waals surface area contributed by atoms with Crippen molar-refractivity contribution in [3.8, 4) is 0 Å². The van der Waals surface area contributed by atoms with Crippen LogP contribution in [-0.4, -0.2) is 50.5 Å². The monoisotopic (exact) mass is 515 g/mol. The van der Waals surface area contributed by atoms with E-state index in [0.717, 1.165) is 40.1 Å². The molecule has 2 rings (SSSR count). The van der Waals surface area contributed by atoms with Gasteiger partial charge in [-0.2, -0.15) is 0 Å². The highest BCUT2D eigenvalue weighted by atomic mass is 32.2. The molecule has 0 spiro atoms. The van der Waals surface area contributed by atoms with Gasteiger partial charge >= 0.3 is 0 Å². The first kappa shape index (κ1) is 29.4. The SMILES string of the molecule is CCCCNC(=O)[C@@H](CC)N(Cc1cccc(C)c1)C(=O)CN(c1ccc(C(C)C)cc1)S(C)(=O)=O. The molecule has 0 aliphatic heterocycles. The predicted molar refractivity (Wildman–Crippen MR) is 146 cm³/mol. The van der Waals surface area contributed by atoms with Crippen LogP contribution in [-0.2, 0) is 26.2 Å². The lowest BCUT2D eigenvalue weighted by Gasteiger charge is -2.33. The van der Waals surface area contributed by atoms with Gasteiger partial charge in [-0.05, 0) is 48.9 Å². The molecule has 0 aliphatic rings. The molecule has 0 saturated carbocycles. The van der Waals surface area contributed by atoms with Gasteiger partial charge in [0.05, 0.1) is 11.9 Å². The molecule has 198 valence electrons. The van der Waals surface area contributed by atoms with Crippen LogP contribution >= 0.6 is 0 Å². The first-order chi connectivity index (χ1) is 17.0. The van der Waals surface area contributed by atoms with E-state index < -0.39 is 22.0 Å². The average molecular weight is 516 g/mol. The Morgan fingerprint density at radius 2 is 1.69 bits per heavy atom. The van der Waals surface area contributed by atoms with Crippen molar-refractivity contribution in [2.24, 2.45) is 0 Å². The van der Waals surface area contributed by atoms with Crippen LogP contribution in [0.2, 0.25) is 0 Å². The van der Waals surface area contributed by atoms with Crippen molar-refractivity contribution in [3.63, 3.8) is 0 Å². The number of nitrogens with zero attached hydrogens (tertiary/aromatic N) is 2. The summed E-state index contributed by atoms with van der Waals surface area (Å²) in [5.41, 5.74) is 3.43. The molecular formula is C28H41N3O4S. The second kappa shape index (κ2) is 13.4. The number of carbonyl (C=O) groups excluding carboxylic acids is 2. The van der Waals surface area contributed by atoms with E-state index in [4.69, 9.17) is 0 Å². The summed E-state index contributed by atoms with van der Waals surface area (Å²) >= 11 is 0. The van der Waals surface area contributed by atoms with Crippen LogP contribution in [0.5, 0.6) is 0 Å². The fourth-order valence-corrected chi connectivity index (χ4v) is 4.92. The second-order valence-corrected chi connectivity index (χ2v) is 11.5. The van der Waals surface area contributed by atoms with E-state index in [1.807, 2.05) is 57.2 Å². The van der Waals surface area contributed by atoms with Gasteiger partial charge in [-0.1, -0.05) is 76.1 Å². The fourth-order valence-electron chi connectivity index (χ4n) is 4.07. The number of aryl methyl sites for hydroxylation is 1. The normalized spacial score (nSPS) is 12.3. The number of nitrogens with one attached hydrogen (secondary N) is 1. The molecule has 0 aromatic heterocycles. The van der Waals surface area contributed by atoms with Gasteiger partial charge in [0, 0.05) is 13.1 Å². The Morgan fingerprint density at radius 1 is 1.03 bits per heavy atom. The largest absolute Gasteiger partial charge is 0.354 e. The second-order valence-electron chi connectivity index (χ2n) is 9.60. The van der Waals surface area contributed by atoms with Crippen LogP contribution in [0.4, 0.5) is 5.69 Å². The molecule has 0 heterocycles. The standard InChI is InChI=1S/C28H41N3O4S/c1-7-9-17-29-28(33)26(8-2)30(19-23-12-10-11-22(5)18-23)27(32)20-31(36(6,34)35)25-15-13-24(14-16-25)21(3)4/h10-16,18,21,26H,7-9,17,19-20H2,1-6H3,(H,29,33)/t26-/m1/s1. The maximum absolute atomic E-state index is 13.7. The molecule has 0 radical (unpaired) electrons. The summed E-state index contributed by atoms with van der Waals surface area (Å²) < 4.78 is 26.6. The van der Waals surface area contributed by atoms with E-state index in [0.29, 0.717) is 24.6 Å². The minimum absolute atomic E-state index is 0.212. The summed E-state index contributed by atoms with van der Waals surface area (Å²) in [6.07, 6.45) is 3.30. The molecule has 0 bridgehead atoms. The maximum Gasteiger partial charge on any atom is 0.244 e. The minimum atomic E-state index is -3.74. The Balaban J connectivity index is 2.40. The minimum Gasteiger partial charge on any atom is -0.354 e. The number of anilines is 1. The first-order valence-electron chi connectivity index (χ1n) is 12.7. The van der Waals surface area contributed by atoms with Gasteiger partial charge in [-0.25, -0.2) is 8.42 Å². The van der Waals surface area contributed by atoms with Crippen LogP contribution in [0.3, 0.4) is 0 Å². The number of carbonyl (C=O) groups is 2. The highest BCUT2D eigenvalue weighted by Crippen LogP contribution is 2.23. The molecule has 8 heteroatoms. The van der Waals surface area contributed by atoms with Crippen LogP contribution < -0.4 is 9.62 Å². The van der Waals surface area contributed by atoms with Crippen LogP contribution in [0, 0.1) is 6.92 Å². The molecule has 1 atom stereocenters. The Kier molecular flexibility index (Phi) is 11.0. The van der Waals surface area contributed by atoms with Gasteiger partial charge < -0.3 is 10.2 Å². The van der Waals surface area contributed by atoms with Crippen molar-refractivity contribution < 1.29 is 18.0 Å². The zero-order valence-electron chi connectivity index (χ0n) is 22.5. The van der Waals surface area contributed by atoms with E-state index >= 15 is 0 Å². The van der Waals surface area contributed by atoms with Gasteiger partial charge in [-0.15, -0.1) is 0 Å². The Labute approximate surface area is 216 Å². The number of unbranched alkanes of at least 4 members (excludes halogenated alkanes) is 1. The van der Waals surface area contributed by atoms with Crippen molar-refractivity contribution in [1.82, 2.24) is 10.2 Å². The summed E-state index contributed by atoms with van der Waals surface area (Å²) in [6, 6.07) is 14.3. The summed E-state index contributed by atoms with van der Waals surface area (Å²) in [5, 5.41) is 2.93. The summed E-state index contributed by atoms with van der Waals surface area (Å²) in [6.45, 7) is 10.4. The summed E-state index contributed by atoms with van der Waals surface area (Å²) in [5.74, 6) is -0.347. The summed E-state index contributed by atoms with van der Waals surface area (Å²) in [7, 11) is -3.74. The van der Waals surface area contributed by atoms with Crippen molar-refractivity contribution in [2.45, 2.75) is 72.4 Å². The van der Waals surface area contributed by atoms with Crippen molar-refractivity contribution in [3.05, 3.63) is 65.2 Å². The van der Waals surface area contributed by atoms with E-state index in [1.165, 1.54) is 4.90 Å². The number of hydrogen-bond donors (Lipinski definition) is 1. The molecule has 36 heavy (non-hydrogen) atoms. The van der Waals surface area contributed by atoms with Crippen molar-refractivity contribution in [1.29, 1.82) is 0 Å². The maximum atomic E-state index is 13.7. The molecule has 1 N–H and O–H groups in total. The topological polar surface area (TPSA) is 86.8 Å². The lowest BCUT2D eigenvalue weighted by atomic mass is 10.0. The Morgan fingerprint density at radius 3 is 2.22 bits per heavy atom. The highest BCUT2D eigenvalue weighted by Gasteiger charge is 2.31. The number of sulfonamides is 1. The molecular weight excluding hydrogens is 474 g/mol. The third-order valence-corrected chi connectivity index (χ3v) is 7.32. The predicted octanol–water partition coefficient (Wildman–Crippen LogP) is 4.61. The Bertz CT molecular complexity index is 1110. The quantitative estimate of drug-likeness (QED) is 0.395. The lowest BCUT2D eigenvalue weighted by Crippen LogP contribution is -2.52. The van der Waals surface area contributed by atoms with Gasteiger partial charge in [0.2, 0.25) is 21.8 Å². The van der Waals surface area contributed by atoms with E-state index in [9.17, 15) is 18.0 Å². The van der Waals surface area contributed by atoms with Crippen LogP contribution in [0.15, 0.2) is 48.5 Å². The van der Waals surface area contributed by atoms with Crippen LogP contribution in [0.1, 0.15) is 69.6 Å². The van der Waals surface area contributed by atoms with Gasteiger partial charge in [0.15, 0.2) is 0 Å². The smallest absolute Gasteiger partial charge is 0.244 e. The number of amides is 2. The van der Waals surface area contributed by atoms with E-state index in [2.05, 4.69) is 19.2 Å². The number of benzene rings is 2. The zero-order chi connectivity index (χ0) is 26.9. The molecule has 0 fully saturated rings. The van der Waals surface area contributed by atoms with E-state index in [-0.39, 0.29) is 19.0 Å². The lowest BCUT2D eigenvalue weighted by molar-refractivity contribution is -0.140. The highest BCUT2D eigenvalue weighted by molar-refractivity contribution is 7.92. The van der Waals surface area contributed by atoms with Gasteiger partial charge in [0.25, 0.3) is 0 Å². The molecule has 2 aromatic carbocycles. The molecule has 2 aromatic rings. The average Bonchev–Trinajstić information content (AvgIpc) is 2.81. The first-order valence-corrected chi connectivity index (χ1v) is 14.5. The molecule has 0 saturated heterocycles. The van der Waals surface area contributed by atoms with Crippen LogP contribution in [0.25, 0.3) is 0 Å². The van der Waals surface area contributed by atoms with Gasteiger partial charge in [0.1, 0.15) is 12.6 Å². The van der Waals surface area contributed by atoms with Crippen molar-refractivity contribution >= 4 is 27.5 Å². The number of hydrogen-bond acceptors (Lipinski definition) is 4. The third kappa shape index (κ3) is 8.36. The molecule has 0 unspecified atom stereocenters. The molecule has 0 aliphatic carbocycles. The fraction of sp³-hybridized carbons (Fsp3) is 0.500.